The molecule has 5 rings (SSSR count). The normalized spacial score (nSPS) is 17.2. The highest BCUT2D eigenvalue weighted by atomic mass is 32.2. The molecule has 2 aromatic carbocycles. The van der Waals surface area contributed by atoms with E-state index in [0.717, 1.165) is 28.9 Å². The first kappa shape index (κ1) is 24.8. The second-order valence-electron chi connectivity index (χ2n) is 8.54. The number of benzene rings is 2. The summed E-state index contributed by atoms with van der Waals surface area (Å²) in [5, 5.41) is 2.08. The van der Waals surface area contributed by atoms with Crippen molar-refractivity contribution in [3.63, 3.8) is 0 Å². The standard InChI is InChI=1S/C25H29N3O6S2/c1-31-22-14-17(15-23(32-2)24(22)33-3)21-16-35-25(28(21)19-6-7-19)26-18-4-8-20(9-5-18)36(29,30)27-10-12-34-13-11-27/h4-5,8-9,14-16,19H,6-7,10-13H2,1-3H3. The molecule has 9 nitrogen and oxygen atoms in total. The molecule has 36 heavy (non-hydrogen) atoms. The number of sulfonamides is 1. The van der Waals surface area contributed by atoms with Crippen molar-refractivity contribution in [1.82, 2.24) is 8.87 Å². The van der Waals surface area contributed by atoms with Gasteiger partial charge in [-0.15, -0.1) is 11.3 Å². The van der Waals surface area contributed by atoms with Gasteiger partial charge in [0.1, 0.15) is 0 Å². The van der Waals surface area contributed by atoms with E-state index in [-0.39, 0.29) is 4.90 Å². The summed E-state index contributed by atoms with van der Waals surface area (Å²) in [6, 6.07) is 11.0. The molecule has 1 aromatic heterocycles. The molecule has 0 amide bonds. The number of thiazole rings is 1. The number of hydrogen-bond donors (Lipinski definition) is 0. The fourth-order valence-corrected chi connectivity index (χ4v) is 6.66. The van der Waals surface area contributed by atoms with Gasteiger partial charge in [-0.3, -0.25) is 0 Å². The minimum absolute atomic E-state index is 0.266. The van der Waals surface area contributed by atoms with Crippen LogP contribution in [0.25, 0.3) is 11.3 Å². The van der Waals surface area contributed by atoms with Gasteiger partial charge < -0.3 is 23.5 Å². The summed E-state index contributed by atoms with van der Waals surface area (Å²) in [5.74, 6) is 1.74. The van der Waals surface area contributed by atoms with Crippen molar-refractivity contribution < 1.29 is 27.4 Å². The van der Waals surface area contributed by atoms with Crippen LogP contribution in [-0.2, 0) is 14.8 Å². The van der Waals surface area contributed by atoms with Crippen molar-refractivity contribution in [2.75, 3.05) is 47.6 Å². The van der Waals surface area contributed by atoms with Crippen molar-refractivity contribution >= 4 is 27.0 Å². The Hall–Kier alpha value is -2.86. The van der Waals surface area contributed by atoms with E-state index in [1.165, 1.54) is 4.31 Å². The lowest BCUT2D eigenvalue weighted by atomic mass is 10.1. The first-order valence-electron chi connectivity index (χ1n) is 11.7. The maximum absolute atomic E-state index is 12.9. The Morgan fingerprint density at radius 2 is 1.61 bits per heavy atom. The van der Waals surface area contributed by atoms with Crippen LogP contribution in [0.2, 0.25) is 0 Å². The van der Waals surface area contributed by atoms with Crippen LogP contribution in [0.3, 0.4) is 0 Å². The molecule has 2 aliphatic rings. The van der Waals surface area contributed by atoms with Crippen LogP contribution in [0.1, 0.15) is 18.9 Å². The predicted molar refractivity (Wildman–Crippen MR) is 137 cm³/mol. The Balaban J connectivity index is 1.50. The van der Waals surface area contributed by atoms with Crippen LogP contribution in [0, 0.1) is 0 Å². The number of methoxy groups -OCH3 is 3. The maximum Gasteiger partial charge on any atom is 0.243 e. The molecular weight excluding hydrogens is 502 g/mol. The van der Waals surface area contributed by atoms with Crippen LogP contribution in [0.4, 0.5) is 5.69 Å². The Morgan fingerprint density at radius 3 is 2.17 bits per heavy atom. The van der Waals surface area contributed by atoms with Crippen molar-refractivity contribution in [3.8, 4) is 28.5 Å². The van der Waals surface area contributed by atoms with Gasteiger partial charge >= 0.3 is 0 Å². The van der Waals surface area contributed by atoms with E-state index in [2.05, 4.69) is 9.95 Å². The molecule has 2 fully saturated rings. The summed E-state index contributed by atoms with van der Waals surface area (Å²) >= 11 is 1.55. The zero-order valence-corrected chi connectivity index (χ0v) is 22.1. The molecule has 0 unspecified atom stereocenters. The molecular formula is C25H29N3O6S2. The van der Waals surface area contributed by atoms with Gasteiger partial charge in [0.25, 0.3) is 0 Å². The SMILES string of the molecule is COc1cc(-c2csc(=Nc3ccc(S(=O)(=O)N4CCOCC4)cc3)n2C2CC2)cc(OC)c1OC. The highest BCUT2D eigenvalue weighted by molar-refractivity contribution is 7.89. The van der Waals surface area contributed by atoms with E-state index >= 15 is 0 Å². The summed E-state index contributed by atoms with van der Waals surface area (Å²) in [5.41, 5.74) is 2.66. The van der Waals surface area contributed by atoms with Gasteiger partial charge in [-0.05, 0) is 49.2 Å². The van der Waals surface area contributed by atoms with Crippen LogP contribution < -0.4 is 19.0 Å². The topological polar surface area (TPSA) is 91.6 Å². The Morgan fingerprint density at radius 1 is 0.972 bits per heavy atom. The molecule has 11 heteroatoms. The Bertz CT molecular complexity index is 1380. The molecule has 192 valence electrons. The van der Waals surface area contributed by atoms with Gasteiger partial charge in [0.2, 0.25) is 15.8 Å². The van der Waals surface area contributed by atoms with Crippen LogP contribution in [-0.4, -0.2) is 64.9 Å². The number of rotatable bonds is 8. The van der Waals surface area contributed by atoms with Gasteiger partial charge in [-0.2, -0.15) is 4.31 Å². The first-order chi connectivity index (χ1) is 17.5. The number of aromatic nitrogens is 1. The first-order valence-corrected chi connectivity index (χ1v) is 14.0. The zero-order chi connectivity index (χ0) is 25.3. The maximum atomic E-state index is 12.9. The molecule has 1 aliphatic carbocycles. The van der Waals surface area contributed by atoms with Gasteiger partial charge in [0.15, 0.2) is 16.3 Å². The number of morpholine rings is 1. The fraction of sp³-hybridized carbons (Fsp3) is 0.400. The van der Waals surface area contributed by atoms with E-state index in [1.807, 2.05) is 12.1 Å². The molecule has 3 aromatic rings. The molecule has 0 radical (unpaired) electrons. The Kier molecular flexibility index (Phi) is 7.07. The van der Waals surface area contributed by atoms with Crippen LogP contribution >= 0.6 is 11.3 Å². The van der Waals surface area contributed by atoms with Crippen LogP contribution in [0.5, 0.6) is 17.2 Å². The van der Waals surface area contributed by atoms with Gasteiger partial charge in [-0.1, -0.05) is 0 Å². The van der Waals surface area contributed by atoms with Crippen molar-refractivity contribution in [2.45, 2.75) is 23.8 Å². The molecule has 1 aliphatic heterocycles. The van der Waals surface area contributed by atoms with Gasteiger partial charge in [-0.25, -0.2) is 13.4 Å². The average Bonchev–Trinajstić information content (AvgIpc) is 3.67. The average molecular weight is 532 g/mol. The second-order valence-corrected chi connectivity index (χ2v) is 11.3. The highest BCUT2D eigenvalue weighted by Crippen LogP contribution is 2.43. The van der Waals surface area contributed by atoms with E-state index < -0.39 is 10.0 Å². The van der Waals surface area contributed by atoms with Gasteiger partial charge in [0.05, 0.1) is 50.8 Å². The minimum Gasteiger partial charge on any atom is -0.493 e. The fourth-order valence-electron chi connectivity index (χ4n) is 4.27. The van der Waals surface area contributed by atoms with Gasteiger partial charge in [0, 0.05) is 30.1 Å². The molecule has 2 heterocycles. The third kappa shape index (κ3) is 4.75. The lowest BCUT2D eigenvalue weighted by molar-refractivity contribution is 0.0730. The van der Waals surface area contributed by atoms with E-state index in [0.29, 0.717) is 55.3 Å². The summed E-state index contributed by atoms with van der Waals surface area (Å²) in [4.78, 5) is 5.99. The van der Waals surface area contributed by atoms with Crippen molar-refractivity contribution in [2.24, 2.45) is 4.99 Å². The zero-order valence-electron chi connectivity index (χ0n) is 20.5. The van der Waals surface area contributed by atoms with E-state index in [1.54, 1.807) is 56.9 Å². The van der Waals surface area contributed by atoms with Crippen LogP contribution in [0.15, 0.2) is 51.7 Å². The largest absolute Gasteiger partial charge is 0.493 e. The lowest BCUT2D eigenvalue weighted by Crippen LogP contribution is -2.40. The van der Waals surface area contributed by atoms with E-state index in [4.69, 9.17) is 23.9 Å². The van der Waals surface area contributed by atoms with Crippen molar-refractivity contribution in [1.29, 1.82) is 0 Å². The monoisotopic (exact) mass is 531 g/mol. The smallest absolute Gasteiger partial charge is 0.243 e. The molecule has 1 saturated heterocycles. The summed E-state index contributed by atoms with van der Waals surface area (Å²) in [6.07, 6.45) is 2.16. The lowest BCUT2D eigenvalue weighted by Gasteiger charge is -2.26. The molecule has 0 spiro atoms. The second kappa shape index (κ2) is 10.3. The van der Waals surface area contributed by atoms with E-state index in [9.17, 15) is 8.42 Å². The third-order valence-corrected chi connectivity index (χ3v) is 9.04. The predicted octanol–water partition coefficient (Wildman–Crippen LogP) is 3.83. The highest BCUT2D eigenvalue weighted by Gasteiger charge is 2.29. The summed E-state index contributed by atoms with van der Waals surface area (Å²) in [6.45, 7) is 1.57. The minimum atomic E-state index is -3.54. The quantitative estimate of drug-likeness (QED) is 0.439. The molecule has 0 N–H and O–H groups in total. The number of ether oxygens (including phenoxy) is 4. The summed E-state index contributed by atoms with van der Waals surface area (Å²) < 4.78 is 51.4. The molecule has 0 atom stereocenters. The number of hydrogen-bond acceptors (Lipinski definition) is 8. The summed E-state index contributed by atoms with van der Waals surface area (Å²) in [7, 11) is 1.26. The molecule has 1 saturated carbocycles. The van der Waals surface area contributed by atoms with Crippen molar-refractivity contribution in [3.05, 3.63) is 46.6 Å². The third-order valence-electron chi connectivity index (χ3n) is 6.28. The molecule has 0 bridgehead atoms. The Labute approximate surface area is 214 Å². The number of nitrogens with zero attached hydrogens (tertiary/aromatic N) is 3.